The van der Waals surface area contributed by atoms with Crippen molar-refractivity contribution >= 4 is 16.1 Å². The van der Waals surface area contributed by atoms with E-state index in [0.717, 1.165) is 50.1 Å². The van der Waals surface area contributed by atoms with Gasteiger partial charge in [-0.05, 0) is 49.5 Å². The third-order valence-corrected chi connectivity index (χ3v) is 7.53. The van der Waals surface area contributed by atoms with Crippen LogP contribution in [-0.2, 0) is 10.0 Å². The van der Waals surface area contributed by atoms with E-state index in [4.69, 9.17) is 4.74 Å². The smallest absolute Gasteiger partial charge is 0.236 e. The number of hydrogen-bond acceptors (Lipinski definition) is 5. The molecule has 0 amide bonds. The molecule has 4 rings (SSSR count). The molecule has 0 unspecified atom stereocenters. The highest BCUT2D eigenvalue weighted by Gasteiger charge is 2.31. The van der Waals surface area contributed by atoms with Gasteiger partial charge in [-0.25, -0.2) is 8.42 Å². The number of ether oxygens (including phenoxy) is 1. The Hall–Kier alpha value is -2.22. The van der Waals surface area contributed by atoms with Gasteiger partial charge in [-0.3, -0.25) is 4.98 Å². The monoisotopic (exact) mass is 427 g/mol. The summed E-state index contributed by atoms with van der Waals surface area (Å²) in [6.45, 7) is 3.17. The van der Waals surface area contributed by atoms with Gasteiger partial charge in [0.15, 0.2) is 0 Å². The highest BCUT2D eigenvalue weighted by atomic mass is 32.2. The molecule has 0 bridgehead atoms. The number of benzene rings is 1. The molecule has 0 saturated carbocycles. The Morgan fingerprint density at radius 3 is 2.23 bits per heavy atom. The largest absolute Gasteiger partial charge is 0.490 e. The second kappa shape index (κ2) is 9.73. The van der Waals surface area contributed by atoms with Crippen molar-refractivity contribution in [3.63, 3.8) is 0 Å². The van der Waals surface area contributed by atoms with Crippen LogP contribution >= 0.6 is 0 Å². The second-order valence-corrected chi connectivity index (χ2v) is 9.74. The van der Waals surface area contributed by atoms with Crippen LogP contribution in [0.5, 0.6) is 5.75 Å². The van der Waals surface area contributed by atoms with Gasteiger partial charge in [-0.1, -0.05) is 30.3 Å². The van der Waals surface area contributed by atoms with Gasteiger partial charge in [0.25, 0.3) is 0 Å². The lowest BCUT2D eigenvalue weighted by Gasteiger charge is -2.41. The number of hydrogen-bond donors (Lipinski definition) is 0. The fourth-order valence-electron chi connectivity index (χ4n) is 4.24. The first-order valence-electron chi connectivity index (χ1n) is 10.6. The molecule has 1 aromatic heterocycles. The first-order chi connectivity index (χ1) is 14.6. The number of aromatic nitrogens is 1. The average molecular weight is 428 g/mol. The van der Waals surface area contributed by atoms with Gasteiger partial charge in [-0.15, -0.1) is 0 Å². The minimum atomic E-state index is -3.37. The van der Waals surface area contributed by atoms with Crippen LogP contribution in [0.15, 0.2) is 60.3 Å². The Labute approximate surface area is 179 Å². The maximum Gasteiger partial charge on any atom is 0.236 e. The van der Waals surface area contributed by atoms with Gasteiger partial charge < -0.3 is 9.64 Å². The van der Waals surface area contributed by atoms with Crippen LogP contribution in [0.2, 0.25) is 0 Å². The highest BCUT2D eigenvalue weighted by Crippen LogP contribution is 2.25. The second-order valence-electron chi connectivity index (χ2n) is 7.92. The summed E-state index contributed by atoms with van der Waals surface area (Å²) >= 11 is 0. The van der Waals surface area contributed by atoms with E-state index in [1.807, 2.05) is 42.5 Å². The van der Waals surface area contributed by atoms with Crippen molar-refractivity contribution in [2.24, 2.45) is 0 Å². The van der Waals surface area contributed by atoms with E-state index in [2.05, 4.69) is 9.88 Å². The van der Waals surface area contributed by atoms with E-state index in [-0.39, 0.29) is 6.10 Å². The molecule has 2 aromatic rings. The van der Waals surface area contributed by atoms with Gasteiger partial charge in [0, 0.05) is 50.0 Å². The first kappa shape index (κ1) is 21.0. The van der Waals surface area contributed by atoms with Crippen molar-refractivity contribution in [2.45, 2.75) is 37.8 Å². The molecular weight excluding hydrogens is 398 g/mol. The lowest BCUT2D eigenvalue weighted by atomic mass is 10.00. The Bertz CT molecular complexity index is 919. The molecule has 7 heteroatoms. The third kappa shape index (κ3) is 5.47. The van der Waals surface area contributed by atoms with Crippen molar-refractivity contribution in [3.8, 4) is 5.75 Å². The zero-order valence-electron chi connectivity index (χ0n) is 17.1. The summed E-state index contributed by atoms with van der Waals surface area (Å²) < 4.78 is 33.0. The summed E-state index contributed by atoms with van der Waals surface area (Å²) in [6.07, 6.45) is 9.19. The number of rotatable bonds is 6. The van der Waals surface area contributed by atoms with Crippen molar-refractivity contribution in [1.29, 1.82) is 0 Å². The topological polar surface area (TPSA) is 62.7 Å². The number of pyridine rings is 1. The van der Waals surface area contributed by atoms with E-state index in [1.54, 1.807) is 22.8 Å². The summed E-state index contributed by atoms with van der Waals surface area (Å²) in [5.74, 6) is 0.880. The lowest BCUT2D eigenvalue weighted by molar-refractivity contribution is 0.0586. The molecule has 2 saturated heterocycles. The quantitative estimate of drug-likeness (QED) is 0.707. The van der Waals surface area contributed by atoms with Crippen molar-refractivity contribution in [2.75, 3.05) is 26.2 Å². The van der Waals surface area contributed by atoms with E-state index in [9.17, 15) is 8.42 Å². The Morgan fingerprint density at radius 1 is 0.900 bits per heavy atom. The molecule has 2 aliphatic heterocycles. The van der Waals surface area contributed by atoms with E-state index < -0.39 is 10.0 Å². The predicted octanol–water partition coefficient (Wildman–Crippen LogP) is 3.39. The summed E-state index contributed by atoms with van der Waals surface area (Å²) in [7, 11) is -3.37. The number of nitrogens with zero attached hydrogens (tertiary/aromatic N) is 3. The van der Waals surface area contributed by atoms with Crippen LogP contribution < -0.4 is 4.74 Å². The summed E-state index contributed by atoms with van der Waals surface area (Å²) in [6, 6.07) is 13.8. The van der Waals surface area contributed by atoms with E-state index >= 15 is 0 Å². The molecule has 160 valence electrons. The molecule has 2 aliphatic rings. The predicted molar refractivity (Wildman–Crippen MR) is 118 cm³/mol. The minimum Gasteiger partial charge on any atom is -0.490 e. The van der Waals surface area contributed by atoms with Crippen LogP contribution in [0, 0.1) is 0 Å². The summed E-state index contributed by atoms with van der Waals surface area (Å²) in [4.78, 5) is 6.53. The molecular formula is C23H29N3O3S. The maximum atomic E-state index is 12.7. The van der Waals surface area contributed by atoms with Crippen LogP contribution in [0.25, 0.3) is 6.08 Å². The van der Waals surface area contributed by atoms with Crippen molar-refractivity contribution in [3.05, 3.63) is 65.8 Å². The molecule has 3 heterocycles. The van der Waals surface area contributed by atoms with Crippen molar-refractivity contribution in [1.82, 2.24) is 14.2 Å². The Kier molecular flexibility index (Phi) is 6.82. The molecule has 30 heavy (non-hydrogen) atoms. The molecule has 0 atom stereocenters. The van der Waals surface area contributed by atoms with Crippen LogP contribution in [0.1, 0.15) is 31.2 Å². The van der Waals surface area contributed by atoms with E-state index in [0.29, 0.717) is 19.1 Å². The molecule has 0 N–H and O–H groups in total. The normalized spacial score (nSPS) is 20.5. The highest BCUT2D eigenvalue weighted by molar-refractivity contribution is 7.92. The van der Waals surface area contributed by atoms with Gasteiger partial charge in [0.1, 0.15) is 11.9 Å². The van der Waals surface area contributed by atoms with Gasteiger partial charge in [0.2, 0.25) is 10.0 Å². The molecule has 0 aliphatic carbocycles. The van der Waals surface area contributed by atoms with Gasteiger partial charge in [-0.2, -0.15) is 4.31 Å². The standard InChI is InChI=1S/C23H29N3O3S/c27-30(28,19-12-20-4-2-1-3-5-20)26-17-8-21(9-18-26)25-15-10-23(11-16-25)29-22-6-13-24-14-7-22/h1-7,12-14,19,21,23H,8-11,15-18H2/b19-12+. The lowest BCUT2D eigenvalue weighted by Crippen LogP contribution is -2.49. The summed E-state index contributed by atoms with van der Waals surface area (Å²) in [5.41, 5.74) is 0.896. The molecule has 2 fully saturated rings. The van der Waals surface area contributed by atoms with Gasteiger partial charge >= 0.3 is 0 Å². The zero-order chi connectivity index (χ0) is 20.8. The van der Waals surface area contributed by atoms with Crippen molar-refractivity contribution < 1.29 is 13.2 Å². The fraction of sp³-hybridized carbons (Fsp3) is 0.435. The molecule has 6 nitrogen and oxygen atoms in total. The number of likely N-dealkylation sites (tertiary alicyclic amines) is 1. The molecule has 0 spiro atoms. The minimum absolute atomic E-state index is 0.243. The Balaban J connectivity index is 1.24. The number of piperidine rings is 2. The SMILES string of the molecule is O=S(=O)(/C=C/c1ccccc1)N1CCC(N2CCC(Oc3ccncc3)CC2)CC1. The first-order valence-corrected chi connectivity index (χ1v) is 12.1. The number of sulfonamides is 1. The van der Waals surface area contributed by atoms with Gasteiger partial charge in [0.05, 0.1) is 0 Å². The Morgan fingerprint density at radius 2 is 1.57 bits per heavy atom. The third-order valence-electron chi connectivity index (χ3n) is 5.96. The zero-order valence-corrected chi connectivity index (χ0v) is 18.0. The van der Waals surface area contributed by atoms with Crippen LogP contribution in [0.3, 0.4) is 0 Å². The molecule has 0 radical (unpaired) electrons. The maximum absolute atomic E-state index is 12.7. The summed E-state index contributed by atoms with van der Waals surface area (Å²) in [5, 5.41) is 1.34. The van der Waals surface area contributed by atoms with E-state index in [1.165, 1.54) is 5.41 Å². The fourth-order valence-corrected chi connectivity index (χ4v) is 5.47. The van der Waals surface area contributed by atoms with Crippen LogP contribution in [-0.4, -0.2) is 60.9 Å². The molecule has 1 aromatic carbocycles. The van der Waals surface area contributed by atoms with Crippen LogP contribution in [0.4, 0.5) is 0 Å². The average Bonchev–Trinajstić information content (AvgIpc) is 2.80.